The van der Waals surface area contributed by atoms with Crippen LogP contribution in [0, 0.1) is 5.92 Å². The van der Waals surface area contributed by atoms with Gasteiger partial charge in [-0.15, -0.1) is 0 Å². The largest absolute Gasteiger partial charge is 0.370 e. The van der Waals surface area contributed by atoms with Gasteiger partial charge < -0.3 is 54.0 Å². The first-order valence-corrected chi connectivity index (χ1v) is 26.8. The Labute approximate surface area is 433 Å². The highest BCUT2D eigenvalue weighted by molar-refractivity contribution is 8.76. The number of benzene rings is 2. The SMILES string of the molecule is CC(C)C[C@@H]1NC(=O)CNN2CCCNC(=O)CN(CSSCC(S)[C@@H](C(N)=O)NC1=O)C(=O)CCCC(=O)N[C@@H](CCCN=C(N)N)C(=O)N[C@@H](Cc1ccccc1)C(=O)N[C@@H](Cc1ccccc1)C2=O. The predicted octanol–water partition coefficient (Wildman–Crippen LogP) is -1.02. The fourth-order valence-electron chi connectivity index (χ4n) is 7.65. The highest BCUT2D eigenvalue weighted by Gasteiger charge is 2.34. The molecule has 394 valence electrons. The lowest BCUT2D eigenvalue weighted by Crippen LogP contribution is -2.60. The van der Waals surface area contributed by atoms with E-state index in [0.29, 0.717) is 11.1 Å². The zero-order valence-corrected chi connectivity index (χ0v) is 43.2. The van der Waals surface area contributed by atoms with Crippen molar-refractivity contribution < 1.29 is 43.2 Å². The fourth-order valence-corrected chi connectivity index (χ4v) is 10.6. The lowest BCUT2D eigenvalue weighted by molar-refractivity contribution is -0.141. The van der Waals surface area contributed by atoms with Gasteiger partial charge >= 0.3 is 0 Å². The molecule has 9 amide bonds. The van der Waals surface area contributed by atoms with Gasteiger partial charge in [0.05, 0.1) is 12.4 Å². The lowest BCUT2D eigenvalue weighted by atomic mass is 10.0. The molecule has 0 aliphatic carbocycles. The van der Waals surface area contributed by atoms with Crippen LogP contribution in [0.25, 0.3) is 0 Å². The Kier molecular flexibility index (Phi) is 25.0. The molecule has 0 saturated carbocycles. The molecule has 22 nitrogen and oxygen atoms in total. The monoisotopic (exact) mass is 1060 g/mol. The van der Waals surface area contributed by atoms with E-state index in [1.165, 1.54) is 26.5 Å². The number of primary amides is 1. The van der Waals surface area contributed by atoms with Crippen LogP contribution in [0.5, 0.6) is 0 Å². The van der Waals surface area contributed by atoms with Gasteiger partial charge in [0.25, 0.3) is 5.91 Å². The number of hydrogen-bond acceptors (Lipinski definition) is 14. The van der Waals surface area contributed by atoms with Crippen LogP contribution in [0.2, 0.25) is 0 Å². The van der Waals surface area contributed by atoms with Gasteiger partial charge in [-0.2, -0.15) is 12.6 Å². The van der Waals surface area contributed by atoms with Crippen LogP contribution in [0.3, 0.4) is 0 Å². The maximum atomic E-state index is 14.9. The summed E-state index contributed by atoms with van der Waals surface area (Å²) in [6, 6.07) is 11.6. The van der Waals surface area contributed by atoms with Crippen LogP contribution in [-0.4, -0.2) is 149 Å². The molecule has 13 N–H and O–H groups in total. The summed E-state index contributed by atoms with van der Waals surface area (Å²) in [6.45, 7) is 2.86. The predicted molar refractivity (Wildman–Crippen MR) is 279 cm³/mol. The molecule has 0 radical (unpaired) electrons. The maximum absolute atomic E-state index is 14.9. The van der Waals surface area contributed by atoms with Gasteiger partial charge in [0, 0.05) is 56.3 Å². The number of nitrogens with two attached hydrogens (primary N) is 3. The molecule has 72 heavy (non-hydrogen) atoms. The summed E-state index contributed by atoms with van der Waals surface area (Å²) >= 11 is 4.58. The molecule has 2 heterocycles. The number of rotatable bonds is 11. The second kappa shape index (κ2) is 30.7. The average molecular weight is 1060 g/mol. The minimum Gasteiger partial charge on any atom is -0.370 e. The molecule has 6 atom stereocenters. The van der Waals surface area contributed by atoms with Crippen molar-refractivity contribution in [1.29, 1.82) is 0 Å². The third-order valence-corrected chi connectivity index (χ3v) is 14.4. The lowest BCUT2D eigenvalue weighted by Gasteiger charge is -2.30. The molecule has 2 bridgehead atoms. The van der Waals surface area contributed by atoms with E-state index < -0.39 is 95.2 Å². The van der Waals surface area contributed by atoms with Crippen LogP contribution in [0.1, 0.15) is 69.9 Å². The number of carbonyl (C=O) groups is 9. The summed E-state index contributed by atoms with van der Waals surface area (Å²) in [4.78, 5) is 130. The molecule has 2 aromatic rings. The van der Waals surface area contributed by atoms with Crippen LogP contribution in [0.15, 0.2) is 65.7 Å². The van der Waals surface area contributed by atoms with E-state index in [-0.39, 0.29) is 107 Å². The minimum absolute atomic E-state index is 0.00260. The van der Waals surface area contributed by atoms with E-state index in [9.17, 15) is 43.2 Å². The number of hydrazine groups is 1. The topological polar surface area (TPSA) is 335 Å². The summed E-state index contributed by atoms with van der Waals surface area (Å²) in [5.74, 6) is -5.98. The van der Waals surface area contributed by atoms with Crippen molar-refractivity contribution in [2.45, 2.75) is 107 Å². The van der Waals surface area contributed by atoms with Crippen LogP contribution < -0.4 is 54.5 Å². The van der Waals surface area contributed by atoms with Gasteiger partial charge in [-0.3, -0.25) is 53.2 Å². The number of amides is 9. The smallest absolute Gasteiger partial charge is 0.259 e. The van der Waals surface area contributed by atoms with Gasteiger partial charge in [-0.25, -0.2) is 5.43 Å². The molecule has 1 unspecified atom stereocenters. The Morgan fingerprint density at radius 2 is 1.35 bits per heavy atom. The molecule has 25 heteroatoms. The summed E-state index contributed by atoms with van der Waals surface area (Å²) in [7, 11) is 2.41. The number of nitrogens with zero attached hydrogens (tertiary/aromatic N) is 3. The van der Waals surface area contributed by atoms with Gasteiger partial charge in [-0.05, 0) is 49.1 Å². The number of carbonyl (C=O) groups excluding carboxylic acids is 9. The molecule has 2 aliphatic heterocycles. The Morgan fingerprint density at radius 3 is 1.99 bits per heavy atom. The second-order valence-electron chi connectivity index (χ2n) is 17.8. The Morgan fingerprint density at radius 1 is 0.736 bits per heavy atom. The van der Waals surface area contributed by atoms with E-state index >= 15 is 0 Å². The maximum Gasteiger partial charge on any atom is 0.259 e. The third-order valence-electron chi connectivity index (χ3n) is 11.3. The summed E-state index contributed by atoms with van der Waals surface area (Å²) < 4.78 is 0. The molecule has 2 aliphatic rings. The molecular weight excluding hydrogens is 987 g/mol. The number of nitrogens with one attached hydrogen (secondary N) is 7. The first kappa shape index (κ1) is 58.5. The van der Waals surface area contributed by atoms with Crippen molar-refractivity contribution in [2.75, 3.05) is 44.4 Å². The Balaban J connectivity index is 1.80. The quantitative estimate of drug-likeness (QED) is 0.0423. The van der Waals surface area contributed by atoms with E-state index in [4.69, 9.17) is 17.2 Å². The van der Waals surface area contributed by atoms with Crippen LogP contribution in [-0.2, 0) is 56.0 Å². The second-order valence-corrected chi connectivity index (χ2v) is 20.9. The van der Waals surface area contributed by atoms with Crippen molar-refractivity contribution in [1.82, 2.24) is 47.2 Å². The van der Waals surface area contributed by atoms with Gasteiger partial charge in [0.2, 0.25) is 47.3 Å². The first-order chi connectivity index (χ1) is 34.4. The number of aliphatic imine (C=N–C) groups is 1. The zero-order valence-electron chi connectivity index (χ0n) is 40.6. The van der Waals surface area contributed by atoms with Crippen molar-refractivity contribution in [3.63, 3.8) is 0 Å². The van der Waals surface area contributed by atoms with Crippen LogP contribution in [0.4, 0.5) is 0 Å². The molecule has 0 aromatic heterocycles. The van der Waals surface area contributed by atoms with Gasteiger partial charge in [0.15, 0.2) is 5.96 Å². The van der Waals surface area contributed by atoms with Crippen LogP contribution >= 0.6 is 34.2 Å². The number of hydrogen-bond donors (Lipinski definition) is 11. The summed E-state index contributed by atoms with van der Waals surface area (Å²) in [5.41, 5.74) is 21.0. The van der Waals surface area contributed by atoms with Crippen molar-refractivity contribution >= 4 is 93.3 Å². The standard InChI is InChI=1S/C47H69N13O9S3/c1-29(2)22-33-45(68)58-41(42(48)65)36(70)27-71-72-28-59-26-39(63)51-20-11-21-60(53-25-38(62)55-33)46(69)35(24-31-14-7-4-8-15-31)57-44(67)34(23-30-12-5-3-6-13-30)56-43(66)32(16-10-19-52-47(49)50)54-37(61)17-9-18-40(59)64/h3-8,12-15,29,32-36,41,53,70H,9-11,16-28H2,1-2H3,(H2,48,65)(H,51,63)(H,54,61)(H,55,62)(H,56,66)(H,57,67)(H,58,68)(H4,49,50,52)/t32-,33-,34-,35-,36?,41-/m0/s1. The van der Waals surface area contributed by atoms with Crippen molar-refractivity contribution in [3.8, 4) is 0 Å². The Bertz CT molecular complexity index is 2190. The number of thiol groups is 1. The third kappa shape index (κ3) is 21.0. The van der Waals surface area contributed by atoms with Crippen molar-refractivity contribution in [3.05, 3.63) is 71.8 Å². The number of fused-ring (bicyclic) bond motifs is 7. The number of guanidine groups is 1. The fraction of sp³-hybridized carbons (Fsp3) is 0.532. The van der Waals surface area contributed by atoms with E-state index in [0.717, 1.165) is 5.01 Å². The normalized spacial score (nSPS) is 23.7. The van der Waals surface area contributed by atoms with Crippen molar-refractivity contribution in [2.24, 2.45) is 28.1 Å². The molecule has 4 rings (SSSR count). The van der Waals surface area contributed by atoms with E-state index in [1.54, 1.807) is 60.7 Å². The molecule has 0 spiro atoms. The average Bonchev–Trinajstić information content (AvgIpc) is 3.33. The molecule has 2 saturated heterocycles. The summed E-state index contributed by atoms with van der Waals surface area (Å²) in [5, 5.41) is 16.9. The molecular formula is C47H69N13O9S3. The minimum atomic E-state index is -1.31. The van der Waals surface area contributed by atoms with Gasteiger partial charge in [-0.1, -0.05) is 96.1 Å². The molecule has 2 fully saturated rings. The zero-order chi connectivity index (χ0) is 52.6. The van der Waals surface area contributed by atoms with E-state index in [2.05, 4.69) is 54.9 Å². The highest BCUT2D eigenvalue weighted by Crippen LogP contribution is 2.26. The molecule has 2 aromatic carbocycles. The summed E-state index contributed by atoms with van der Waals surface area (Å²) in [6.07, 6.45) is 0.309. The Hall–Kier alpha value is -6.05. The first-order valence-electron chi connectivity index (χ1n) is 23.8. The highest BCUT2D eigenvalue weighted by atomic mass is 33.1. The van der Waals surface area contributed by atoms with E-state index in [1.807, 2.05) is 13.8 Å². The van der Waals surface area contributed by atoms with Gasteiger partial charge in [0.1, 0.15) is 36.8 Å².